The van der Waals surface area contributed by atoms with Gasteiger partial charge in [-0.15, -0.1) is 0 Å². The Morgan fingerprint density at radius 3 is 1.96 bits per heavy atom. The van der Waals surface area contributed by atoms with Crippen molar-refractivity contribution in [3.05, 3.63) is 0 Å². The number of aliphatic hydroxyl groups is 2. The molecule has 6 atom stereocenters. The highest BCUT2D eigenvalue weighted by Gasteiger charge is 2.60. The largest absolute Gasteiger partial charge is 0.385 e. The first-order valence-corrected chi connectivity index (χ1v) is 10.3. The first kappa shape index (κ1) is 17.8. The van der Waals surface area contributed by atoms with E-state index in [9.17, 15) is 10.2 Å². The van der Waals surface area contributed by atoms with Gasteiger partial charge in [-0.3, -0.25) is 0 Å². The molecule has 0 bridgehead atoms. The predicted octanol–water partition coefficient (Wildman–Crippen LogP) is 1.58. The lowest BCUT2D eigenvalue weighted by Crippen LogP contribution is -2.60. The molecule has 2 saturated carbocycles. The third-order valence-corrected chi connectivity index (χ3v) is 6.75. The molecule has 0 aromatic heterocycles. The maximum absolute atomic E-state index is 10.4. The molecule has 26 heavy (non-hydrogen) atoms. The third-order valence-electron chi connectivity index (χ3n) is 6.75. The van der Waals surface area contributed by atoms with Gasteiger partial charge in [0.2, 0.25) is 0 Å². The van der Waals surface area contributed by atoms with Crippen molar-refractivity contribution >= 4 is 0 Å². The summed E-state index contributed by atoms with van der Waals surface area (Å²) < 4.78 is 30.7. The molecule has 0 radical (unpaired) electrons. The minimum Gasteiger partial charge on any atom is -0.385 e. The molecular formula is C19H30O7. The van der Waals surface area contributed by atoms with Crippen molar-refractivity contribution in [1.82, 2.24) is 0 Å². The van der Waals surface area contributed by atoms with Crippen molar-refractivity contribution in [2.75, 3.05) is 6.61 Å². The van der Waals surface area contributed by atoms with Crippen LogP contribution in [0.3, 0.4) is 0 Å². The number of hydrogen-bond acceptors (Lipinski definition) is 7. The second kappa shape index (κ2) is 6.65. The van der Waals surface area contributed by atoms with Gasteiger partial charge in [-0.2, -0.15) is 0 Å². The molecule has 7 heteroatoms. The first-order chi connectivity index (χ1) is 12.6. The first-order valence-electron chi connectivity index (χ1n) is 10.3. The average molecular weight is 370 g/mol. The van der Waals surface area contributed by atoms with E-state index in [4.69, 9.17) is 23.7 Å². The fourth-order valence-corrected chi connectivity index (χ4v) is 5.37. The Labute approximate surface area is 153 Å². The Morgan fingerprint density at radius 2 is 1.27 bits per heavy atom. The highest BCUT2D eigenvalue weighted by atomic mass is 16.8. The Hall–Kier alpha value is -0.280. The Balaban J connectivity index is 1.35. The van der Waals surface area contributed by atoms with Crippen LogP contribution < -0.4 is 0 Å². The number of hydrogen-bond donors (Lipinski definition) is 2. The van der Waals surface area contributed by atoms with E-state index in [1.54, 1.807) is 0 Å². The topological polar surface area (TPSA) is 86.6 Å². The molecule has 2 N–H and O–H groups in total. The molecule has 0 aromatic carbocycles. The maximum atomic E-state index is 10.4. The highest BCUT2D eigenvalue weighted by Crippen LogP contribution is 2.47. The highest BCUT2D eigenvalue weighted by molar-refractivity contribution is 5.02. The molecule has 2 aliphatic carbocycles. The quantitative estimate of drug-likeness (QED) is 0.725. The smallest absolute Gasteiger partial charge is 0.184 e. The van der Waals surface area contributed by atoms with Crippen LogP contribution >= 0.6 is 0 Å². The molecule has 5 fully saturated rings. The second-order valence-electron chi connectivity index (χ2n) is 8.56. The minimum absolute atomic E-state index is 0.315. The van der Waals surface area contributed by atoms with Gasteiger partial charge in [0, 0.05) is 25.7 Å². The summed E-state index contributed by atoms with van der Waals surface area (Å²) in [6, 6.07) is 0. The molecule has 0 amide bonds. The van der Waals surface area contributed by atoms with E-state index in [0.717, 1.165) is 51.4 Å². The minimum atomic E-state index is -1.30. The fourth-order valence-electron chi connectivity index (χ4n) is 5.37. The Kier molecular flexibility index (Phi) is 4.55. The third kappa shape index (κ3) is 2.92. The standard InChI is InChI=1S/C19H30O7/c20-13-15-16(26-19(25-15)9-5-2-6-10-19)14(23-17(13)21)12-11-22-18(24-12)7-3-1-4-8-18/h12-17,20-21H,1-11H2/t12-,13-,14+,15+,16-,17+/m1/s1. The SMILES string of the molecule is O[C@@H]1[C@@H]2OC3(CCCCC3)O[C@@H]2[C@H]([C@H]2COC3(CCCCC3)O2)O[C@@H]1O. The van der Waals surface area contributed by atoms with Gasteiger partial charge in [-0.25, -0.2) is 0 Å². The van der Waals surface area contributed by atoms with Crippen LogP contribution in [0, 0.1) is 0 Å². The Morgan fingerprint density at radius 1 is 0.654 bits per heavy atom. The molecule has 3 aliphatic heterocycles. The molecule has 0 unspecified atom stereocenters. The van der Waals surface area contributed by atoms with Gasteiger partial charge in [-0.05, 0) is 25.7 Å². The van der Waals surface area contributed by atoms with E-state index in [1.807, 2.05) is 0 Å². The van der Waals surface area contributed by atoms with Gasteiger partial charge >= 0.3 is 0 Å². The normalized spacial score (nSPS) is 47.3. The zero-order valence-electron chi connectivity index (χ0n) is 15.2. The second-order valence-corrected chi connectivity index (χ2v) is 8.56. The molecule has 148 valence electrons. The van der Waals surface area contributed by atoms with Crippen molar-refractivity contribution < 1.29 is 33.9 Å². The van der Waals surface area contributed by atoms with Gasteiger partial charge in [0.25, 0.3) is 0 Å². The molecule has 0 aromatic rings. The monoisotopic (exact) mass is 370 g/mol. The van der Waals surface area contributed by atoms with Gasteiger partial charge in [0.15, 0.2) is 17.9 Å². The van der Waals surface area contributed by atoms with E-state index in [2.05, 4.69) is 0 Å². The van der Waals surface area contributed by atoms with Gasteiger partial charge in [0.1, 0.15) is 30.5 Å². The van der Waals surface area contributed by atoms with Crippen LogP contribution in [0.4, 0.5) is 0 Å². The summed E-state index contributed by atoms with van der Waals surface area (Å²) in [7, 11) is 0. The number of rotatable bonds is 1. The van der Waals surface area contributed by atoms with Gasteiger partial charge in [0.05, 0.1) is 6.61 Å². The Bertz CT molecular complexity index is 514. The molecule has 2 spiro atoms. The van der Waals surface area contributed by atoms with E-state index in [0.29, 0.717) is 6.61 Å². The van der Waals surface area contributed by atoms with Crippen molar-refractivity contribution in [2.24, 2.45) is 0 Å². The molecule has 5 rings (SSSR count). The van der Waals surface area contributed by atoms with Gasteiger partial charge < -0.3 is 33.9 Å². The maximum Gasteiger partial charge on any atom is 0.184 e. The molecular weight excluding hydrogens is 340 g/mol. The number of fused-ring (bicyclic) bond motifs is 1. The van der Waals surface area contributed by atoms with E-state index in [1.165, 1.54) is 12.8 Å². The number of ether oxygens (including phenoxy) is 5. The fraction of sp³-hybridized carbons (Fsp3) is 1.00. The average Bonchev–Trinajstić information content (AvgIpc) is 3.22. The van der Waals surface area contributed by atoms with Gasteiger partial charge in [-0.1, -0.05) is 12.8 Å². The van der Waals surface area contributed by atoms with Crippen molar-refractivity contribution in [3.8, 4) is 0 Å². The number of aliphatic hydroxyl groups excluding tert-OH is 2. The molecule has 3 saturated heterocycles. The summed E-state index contributed by atoms with van der Waals surface area (Å²) in [5.74, 6) is -1.16. The van der Waals surface area contributed by atoms with Crippen LogP contribution in [-0.2, 0) is 23.7 Å². The lowest BCUT2D eigenvalue weighted by Gasteiger charge is -2.40. The van der Waals surface area contributed by atoms with E-state index >= 15 is 0 Å². The van der Waals surface area contributed by atoms with Crippen LogP contribution in [0.15, 0.2) is 0 Å². The zero-order chi connectivity index (χ0) is 17.8. The molecule has 3 heterocycles. The van der Waals surface area contributed by atoms with Crippen LogP contribution in [0.25, 0.3) is 0 Å². The van der Waals surface area contributed by atoms with E-state index in [-0.39, 0.29) is 6.10 Å². The van der Waals surface area contributed by atoms with E-state index < -0.39 is 42.3 Å². The van der Waals surface area contributed by atoms with Crippen LogP contribution in [0.5, 0.6) is 0 Å². The summed E-state index contributed by atoms with van der Waals surface area (Å²) in [5, 5.41) is 20.7. The van der Waals surface area contributed by atoms with Crippen molar-refractivity contribution in [1.29, 1.82) is 0 Å². The summed E-state index contributed by atoms with van der Waals surface area (Å²) in [6.45, 7) is 0.424. The molecule has 7 nitrogen and oxygen atoms in total. The molecule has 5 aliphatic rings. The van der Waals surface area contributed by atoms with Crippen LogP contribution in [0.2, 0.25) is 0 Å². The van der Waals surface area contributed by atoms with Crippen LogP contribution in [0.1, 0.15) is 64.2 Å². The summed E-state index contributed by atoms with van der Waals surface area (Å²) >= 11 is 0. The van der Waals surface area contributed by atoms with Crippen molar-refractivity contribution in [3.63, 3.8) is 0 Å². The summed E-state index contributed by atoms with van der Waals surface area (Å²) in [5.41, 5.74) is 0. The summed E-state index contributed by atoms with van der Waals surface area (Å²) in [4.78, 5) is 0. The lowest BCUT2D eigenvalue weighted by atomic mass is 9.93. The van der Waals surface area contributed by atoms with Crippen molar-refractivity contribution in [2.45, 2.75) is 113 Å². The predicted molar refractivity (Wildman–Crippen MR) is 89.1 cm³/mol. The zero-order valence-corrected chi connectivity index (χ0v) is 15.2. The lowest BCUT2D eigenvalue weighted by molar-refractivity contribution is -0.284. The van der Waals surface area contributed by atoms with Crippen LogP contribution in [-0.4, -0.2) is 65.2 Å². The summed E-state index contributed by atoms with van der Waals surface area (Å²) in [6.07, 6.45) is 5.90.